The molecule has 16 heavy (non-hydrogen) atoms. The highest BCUT2D eigenvalue weighted by atomic mass is 16.5. The number of aliphatic hydroxyl groups excluding tert-OH is 1. The van der Waals surface area contributed by atoms with Gasteiger partial charge in [0.15, 0.2) is 0 Å². The van der Waals surface area contributed by atoms with E-state index < -0.39 is 0 Å². The zero-order chi connectivity index (χ0) is 12.0. The number of piperidine rings is 1. The number of methoxy groups -OCH3 is 1. The summed E-state index contributed by atoms with van der Waals surface area (Å²) in [7, 11) is 3.66. The van der Waals surface area contributed by atoms with Crippen molar-refractivity contribution in [2.75, 3.05) is 40.4 Å². The number of likely N-dealkylation sites (tertiary alicyclic amines) is 1. The first kappa shape index (κ1) is 13.9. The number of nitrogens with one attached hydrogen (secondary N) is 1. The molecule has 1 aliphatic heterocycles. The van der Waals surface area contributed by atoms with Gasteiger partial charge in [0, 0.05) is 19.7 Å². The fourth-order valence-corrected chi connectivity index (χ4v) is 2.41. The lowest BCUT2D eigenvalue weighted by Gasteiger charge is -2.35. The molecule has 4 heteroatoms. The van der Waals surface area contributed by atoms with Crippen LogP contribution in [0, 0.1) is 5.92 Å². The van der Waals surface area contributed by atoms with E-state index in [0.29, 0.717) is 12.6 Å². The molecule has 0 aromatic heterocycles. The Morgan fingerprint density at radius 2 is 2.06 bits per heavy atom. The molecule has 0 bridgehead atoms. The largest absolute Gasteiger partial charge is 0.389 e. The Morgan fingerprint density at radius 3 is 2.56 bits per heavy atom. The zero-order valence-corrected chi connectivity index (χ0v) is 10.8. The molecule has 1 aliphatic rings. The van der Waals surface area contributed by atoms with E-state index in [4.69, 9.17) is 4.74 Å². The summed E-state index contributed by atoms with van der Waals surface area (Å²) in [4.78, 5) is 2.34. The summed E-state index contributed by atoms with van der Waals surface area (Å²) in [5.41, 5.74) is 0. The molecule has 0 saturated carbocycles. The first-order valence-corrected chi connectivity index (χ1v) is 6.24. The first-order chi connectivity index (χ1) is 7.67. The van der Waals surface area contributed by atoms with Gasteiger partial charge in [0.05, 0.1) is 12.7 Å². The van der Waals surface area contributed by atoms with Gasteiger partial charge >= 0.3 is 0 Å². The van der Waals surface area contributed by atoms with Crippen LogP contribution in [0.5, 0.6) is 0 Å². The number of hydrogen-bond donors (Lipinski definition) is 2. The fourth-order valence-electron chi connectivity index (χ4n) is 2.41. The molecule has 1 heterocycles. The summed E-state index contributed by atoms with van der Waals surface area (Å²) in [6.45, 7) is 5.62. The predicted molar refractivity (Wildman–Crippen MR) is 65.6 cm³/mol. The molecule has 0 aromatic carbocycles. The second-order valence-electron chi connectivity index (χ2n) is 4.82. The van der Waals surface area contributed by atoms with E-state index in [1.165, 1.54) is 12.8 Å². The lowest BCUT2D eigenvalue weighted by molar-refractivity contribution is 0.0277. The second-order valence-corrected chi connectivity index (χ2v) is 4.82. The Labute approximate surface area is 99.0 Å². The Balaban J connectivity index is 2.21. The van der Waals surface area contributed by atoms with E-state index in [-0.39, 0.29) is 6.10 Å². The molecule has 2 N–H and O–H groups in total. The van der Waals surface area contributed by atoms with E-state index in [1.807, 2.05) is 7.05 Å². The molecule has 0 amide bonds. The molecule has 0 aromatic rings. The fraction of sp³-hybridized carbons (Fsp3) is 1.00. The molecular formula is C12H26N2O2. The molecule has 1 saturated heterocycles. The summed E-state index contributed by atoms with van der Waals surface area (Å²) < 4.78 is 4.94. The number of ether oxygens (including phenoxy) is 1. The Hall–Kier alpha value is -0.160. The molecule has 96 valence electrons. The van der Waals surface area contributed by atoms with Gasteiger partial charge in [0.25, 0.3) is 0 Å². The molecule has 2 unspecified atom stereocenters. The van der Waals surface area contributed by atoms with Crippen molar-refractivity contribution in [2.45, 2.75) is 31.9 Å². The Kier molecular flexibility index (Phi) is 6.28. The van der Waals surface area contributed by atoms with E-state index in [2.05, 4.69) is 17.1 Å². The quantitative estimate of drug-likeness (QED) is 0.689. The van der Waals surface area contributed by atoms with Gasteiger partial charge < -0.3 is 20.1 Å². The smallest absolute Gasteiger partial charge is 0.0900 e. The molecule has 1 fully saturated rings. The minimum atomic E-state index is -0.344. The Morgan fingerprint density at radius 1 is 1.44 bits per heavy atom. The Bertz CT molecular complexity index is 182. The van der Waals surface area contributed by atoms with Crippen LogP contribution in [0.4, 0.5) is 0 Å². The minimum Gasteiger partial charge on any atom is -0.389 e. The van der Waals surface area contributed by atoms with Gasteiger partial charge in [-0.3, -0.25) is 0 Å². The van der Waals surface area contributed by atoms with Crippen LogP contribution in [0.15, 0.2) is 0 Å². The highest BCUT2D eigenvalue weighted by molar-refractivity contribution is 4.79. The minimum absolute atomic E-state index is 0.344. The third-order valence-electron chi connectivity index (χ3n) is 3.62. The van der Waals surface area contributed by atoms with Gasteiger partial charge in [-0.2, -0.15) is 0 Å². The molecule has 0 radical (unpaired) electrons. The summed E-state index contributed by atoms with van der Waals surface area (Å²) in [6.07, 6.45) is 2.10. The standard InChI is InChI=1S/C12H26N2O2/c1-10(13-2)11-4-6-14(7-5-11)8-12(15)9-16-3/h10-13,15H,4-9H2,1-3H3. The second kappa shape index (κ2) is 7.22. The van der Waals surface area contributed by atoms with E-state index in [9.17, 15) is 5.11 Å². The monoisotopic (exact) mass is 230 g/mol. The third kappa shape index (κ3) is 4.37. The van der Waals surface area contributed by atoms with Crippen molar-refractivity contribution in [1.29, 1.82) is 0 Å². The van der Waals surface area contributed by atoms with Gasteiger partial charge in [0.1, 0.15) is 0 Å². The van der Waals surface area contributed by atoms with Gasteiger partial charge in [-0.15, -0.1) is 0 Å². The van der Waals surface area contributed by atoms with Gasteiger partial charge in [-0.05, 0) is 45.8 Å². The normalized spacial score (nSPS) is 23.2. The van der Waals surface area contributed by atoms with Crippen LogP contribution < -0.4 is 5.32 Å². The van der Waals surface area contributed by atoms with E-state index in [1.54, 1.807) is 7.11 Å². The summed E-state index contributed by atoms with van der Waals surface area (Å²) in [5.74, 6) is 0.779. The summed E-state index contributed by atoms with van der Waals surface area (Å²) >= 11 is 0. The van der Waals surface area contributed by atoms with Crippen molar-refractivity contribution in [2.24, 2.45) is 5.92 Å². The van der Waals surface area contributed by atoms with E-state index in [0.717, 1.165) is 25.6 Å². The molecule has 2 atom stereocenters. The predicted octanol–water partition coefficient (Wildman–Crippen LogP) is 0.314. The molecule has 4 nitrogen and oxygen atoms in total. The maximum atomic E-state index is 9.64. The van der Waals surface area contributed by atoms with Crippen LogP contribution in [-0.4, -0.2) is 62.6 Å². The number of rotatable bonds is 6. The number of nitrogens with zero attached hydrogens (tertiary/aromatic N) is 1. The average molecular weight is 230 g/mol. The van der Waals surface area contributed by atoms with Crippen molar-refractivity contribution in [1.82, 2.24) is 10.2 Å². The first-order valence-electron chi connectivity index (χ1n) is 6.24. The van der Waals surface area contributed by atoms with Gasteiger partial charge in [-0.25, -0.2) is 0 Å². The van der Waals surface area contributed by atoms with Crippen LogP contribution in [0.3, 0.4) is 0 Å². The maximum Gasteiger partial charge on any atom is 0.0900 e. The highest BCUT2D eigenvalue weighted by Gasteiger charge is 2.23. The van der Waals surface area contributed by atoms with Crippen molar-refractivity contribution >= 4 is 0 Å². The van der Waals surface area contributed by atoms with Crippen molar-refractivity contribution in [3.8, 4) is 0 Å². The van der Waals surface area contributed by atoms with Crippen molar-refractivity contribution < 1.29 is 9.84 Å². The lowest BCUT2D eigenvalue weighted by atomic mass is 9.90. The summed E-state index contributed by atoms with van der Waals surface area (Å²) in [5, 5.41) is 13.0. The van der Waals surface area contributed by atoms with Crippen molar-refractivity contribution in [3.63, 3.8) is 0 Å². The van der Waals surface area contributed by atoms with Crippen molar-refractivity contribution in [3.05, 3.63) is 0 Å². The van der Waals surface area contributed by atoms with Crippen LogP contribution >= 0.6 is 0 Å². The number of aliphatic hydroxyl groups is 1. The summed E-state index contributed by atoms with van der Waals surface area (Å²) in [6, 6.07) is 0.603. The SMILES string of the molecule is CNC(C)C1CCN(CC(O)COC)CC1. The lowest BCUT2D eigenvalue weighted by Crippen LogP contribution is -2.44. The van der Waals surface area contributed by atoms with Gasteiger partial charge in [0.2, 0.25) is 0 Å². The van der Waals surface area contributed by atoms with Crippen LogP contribution in [0.1, 0.15) is 19.8 Å². The van der Waals surface area contributed by atoms with Gasteiger partial charge in [-0.1, -0.05) is 0 Å². The third-order valence-corrected chi connectivity index (χ3v) is 3.62. The highest BCUT2D eigenvalue weighted by Crippen LogP contribution is 2.20. The van der Waals surface area contributed by atoms with Crippen LogP contribution in [-0.2, 0) is 4.74 Å². The maximum absolute atomic E-state index is 9.64. The van der Waals surface area contributed by atoms with Crippen LogP contribution in [0.2, 0.25) is 0 Å². The van der Waals surface area contributed by atoms with Crippen LogP contribution in [0.25, 0.3) is 0 Å². The topological polar surface area (TPSA) is 44.7 Å². The molecule has 1 rings (SSSR count). The molecule has 0 aliphatic carbocycles. The van der Waals surface area contributed by atoms with E-state index >= 15 is 0 Å². The average Bonchev–Trinajstić information content (AvgIpc) is 2.29. The number of hydrogen-bond acceptors (Lipinski definition) is 4. The molecular weight excluding hydrogens is 204 g/mol. The molecule has 0 spiro atoms. The number of β-amino-alcohol motifs (C(OH)–C–C–N with tert-alkyl or cyclic N) is 1. The zero-order valence-electron chi connectivity index (χ0n) is 10.8.